The van der Waals surface area contributed by atoms with Gasteiger partial charge in [-0.15, -0.1) is 0 Å². The predicted molar refractivity (Wildman–Crippen MR) is 150 cm³/mol. The number of hydrogen-bond acceptors (Lipinski definition) is 6. The molecule has 0 fully saturated rings. The zero-order valence-corrected chi connectivity index (χ0v) is 23.5. The van der Waals surface area contributed by atoms with Gasteiger partial charge in [0.2, 0.25) is 11.8 Å². The summed E-state index contributed by atoms with van der Waals surface area (Å²) in [6.45, 7) is 3.58. The van der Waals surface area contributed by atoms with E-state index in [1.807, 2.05) is 6.92 Å². The smallest absolute Gasteiger partial charge is 0.264 e. The molecule has 0 radical (unpaired) electrons. The number of carbonyl (C=O) groups is 2. The highest BCUT2D eigenvalue weighted by Crippen LogP contribution is 2.32. The molecule has 0 aromatic heterocycles. The van der Waals surface area contributed by atoms with Crippen LogP contribution >= 0.6 is 0 Å². The van der Waals surface area contributed by atoms with Crippen molar-refractivity contribution >= 4 is 27.5 Å². The van der Waals surface area contributed by atoms with Crippen molar-refractivity contribution in [1.29, 1.82) is 0 Å². The molecule has 0 saturated carbocycles. The van der Waals surface area contributed by atoms with Gasteiger partial charge in [-0.05, 0) is 55.3 Å². The van der Waals surface area contributed by atoms with Crippen LogP contribution in [-0.4, -0.2) is 58.5 Å². The van der Waals surface area contributed by atoms with E-state index in [0.29, 0.717) is 18.0 Å². The molecule has 0 aliphatic rings. The quantitative estimate of drug-likeness (QED) is 0.345. The van der Waals surface area contributed by atoms with Gasteiger partial charge in [0.1, 0.15) is 24.1 Å². The standard InChI is InChI=1S/C29H35N3O6S/c1-5-19-30-29(34)22(2)31(20-23-15-17-24(37-3)18-16-23)28(33)21-32(26-13-9-10-14-27(26)38-4)39(35,36)25-11-7-6-8-12-25/h6-18,22H,5,19-21H2,1-4H3,(H,30,34)/t22-/m0/s1. The number of para-hydroxylation sites is 2. The van der Waals surface area contributed by atoms with Crippen molar-refractivity contribution in [3.8, 4) is 11.5 Å². The second-order valence-corrected chi connectivity index (χ2v) is 10.7. The summed E-state index contributed by atoms with van der Waals surface area (Å²) in [4.78, 5) is 28.3. The van der Waals surface area contributed by atoms with Gasteiger partial charge in [0.25, 0.3) is 10.0 Å². The first-order valence-corrected chi connectivity index (χ1v) is 14.1. The molecule has 0 aliphatic heterocycles. The van der Waals surface area contributed by atoms with Crippen molar-refractivity contribution in [3.05, 3.63) is 84.4 Å². The van der Waals surface area contributed by atoms with Crippen molar-refractivity contribution in [1.82, 2.24) is 10.2 Å². The first kappa shape index (κ1) is 29.5. The van der Waals surface area contributed by atoms with Gasteiger partial charge in [0, 0.05) is 13.1 Å². The highest BCUT2D eigenvalue weighted by molar-refractivity contribution is 7.92. The van der Waals surface area contributed by atoms with Gasteiger partial charge in [-0.3, -0.25) is 13.9 Å². The van der Waals surface area contributed by atoms with Gasteiger partial charge in [0.05, 0.1) is 24.8 Å². The third-order valence-corrected chi connectivity index (χ3v) is 7.97. The fraction of sp³-hybridized carbons (Fsp3) is 0.310. The highest BCUT2D eigenvalue weighted by atomic mass is 32.2. The van der Waals surface area contributed by atoms with Gasteiger partial charge in [-0.25, -0.2) is 8.42 Å². The predicted octanol–water partition coefficient (Wildman–Crippen LogP) is 3.84. The number of rotatable bonds is 13. The maximum atomic E-state index is 13.9. The molecule has 0 unspecified atom stereocenters. The second kappa shape index (κ2) is 13.7. The summed E-state index contributed by atoms with van der Waals surface area (Å²) in [7, 11) is -1.17. The van der Waals surface area contributed by atoms with Crippen LogP contribution in [0.1, 0.15) is 25.8 Å². The zero-order valence-electron chi connectivity index (χ0n) is 22.7. The van der Waals surface area contributed by atoms with E-state index in [-0.39, 0.29) is 23.0 Å². The molecule has 208 valence electrons. The monoisotopic (exact) mass is 553 g/mol. The van der Waals surface area contributed by atoms with E-state index in [0.717, 1.165) is 16.3 Å². The lowest BCUT2D eigenvalue weighted by Gasteiger charge is -2.32. The average molecular weight is 554 g/mol. The topological polar surface area (TPSA) is 105 Å². The SMILES string of the molecule is CCCNC(=O)[C@H](C)N(Cc1ccc(OC)cc1)C(=O)CN(c1ccccc1OC)S(=O)(=O)c1ccccc1. The van der Waals surface area contributed by atoms with Crippen molar-refractivity contribution in [2.75, 3.05) is 31.6 Å². The molecule has 2 amide bonds. The molecule has 3 aromatic rings. The Bertz CT molecular complexity index is 1350. The van der Waals surface area contributed by atoms with Crippen LogP contribution in [0.25, 0.3) is 0 Å². The first-order chi connectivity index (χ1) is 18.7. The number of nitrogens with zero attached hydrogens (tertiary/aromatic N) is 2. The number of hydrogen-bond donors (Lipinski definition) is 1. The van der Waals surface area contributed by atoms with Gasteiger partial charge in [0.15, 0.2) is 0 Å². The Kier molecular flexibility index (Phi) is 10.3. The minimum absolute atomic E-state index is 0.0270. The third kappa shape index (κ3) is 7.29. The summed E-state index contributed by atoms with van der Waals surface area (Å²) in [6.07, 6.45) is 0.738. The molecule has 0 bridgehead atoms. The summed E-state index contributed by atoms with van der Waals surface area (Å²) in [5.74, 6) is 0.0748. The van der Waals surface area contributed by atoms with Crippen LogP contribution in [0, 0.1) is 0 Å². The summed E-state index contributed by atoms with van der Waals surface area (Å²) in [5.41, 5.74) is 0.971. The Labute approximate surface area is 230 Å². The van der Waals surface area contributed by atoms with E-state index < -0.39 is 28.5 Å². The molecule has 0 spiro atoms. The van der Waals surface area contributed by atoms with Gasteiger partial charge in [-0.2, -0.15) is 0 Å². The molecule has 0 aliphatic carbocycles. The van der Waals surface area contributed by atoms with E-state index in [9.17, 15) is 18.0 Å². The van der Waals surface area contributed by atoms with Crippen LogP contribution in [0.2, 0.25) is 0 Å². The summed E-state index contributed by atoms with van der Waals surface area (Å²) < 4.78 is 39.4. The Morgan fingerprint density at radius 1 is 0.897 bits per heavy atom. The van der Waals surface area contributed by atoms with Crippen LogP contribution in [0.15, 0.2) is 83.8 Å². The number of nitrogens with one attached hydrogen (secondary N) is 1. The minimum atomic E-state index is -4.17. The average Bonchev–Trinajstić information content (AvgIpc) is 2.97. The Balaban J connectivity index is 2.03. The Morgan fingerprint density at radius 2 is 1.54 bits per heavy atom. The fourth-order valence-electron chi connectivity index (χ4n) is 3.98. The number of benzene rings is 3. The molecule has 0 saturated heterocycles. The van der Waals surface area contributed by atoms with Crippen LogP contribution in [-0.2, 0) is 26.2 Å². The van der Waals surface area contributed by atoms with Crippen LogP contribution in [0.5, 0.6) is 11.5 Å². The van der Waals surface area contributed by atoms with Crippen molar-refractivity contribution in [2.24, 2.45) is 0 Å². The van der Waals surface area contributed by atoms with Crippen molar-refractivity contribution < 1.29 is 27.5 Å². The number of ether oxygens (including phenoxy) is 2. The molecular weight excluding hydrogens is 518 g/mol. The lowest BCUT2D eigenvalue weighted by atomic mass is 10.1. The largest absolute Gasteiger partial charge is 0.497 e. The molecule has 0 heterocycles. The lowest BCUT2D eigenvalue weighted by Crippen LogP contribution is -2.51. The Morgan fingerprint density at radius 3 is 2.15 bits per heavy atom. The summed E-state index contributed by atoms with van der Waals surface area (Å²) in [5, 5.41) is 2.83. The first-order valence-electron chi connectivity index (χ1n) is 12.6. The van der Waals surface area contributed by atoms with E-state index in [4.69, 9.17) is 9.47 Å². The number of anilines is 1. The van der Waals surface area contributed by atoms with Crippen LogP contribution in [0.4, 0.5) is 5.69 Å². The summed E-state index contributed by atoms with van der Waals surface area (Å²) in [6, 6.07) is 20.8. The van der Waals surface area contributed by atoms with E-state index in [1.54, 1.807) is 80.8 Å². The Hall–Kier alpha value is -4.05. The van der Waals surface area contributed by atoms with Crippen LogP contribution < -0.4 is 19.1 Å². The number of carbonyl (C=O) groups excluding carboxylic acids is 2. The highest BCUT2D eigenvalue weighted by Gasteiger charge is 2.33. The summed E-state index contributed by atoms with van der Waals surface area (Å²) >= 11 is 0. The lowest BCUT2D eigenvalue weighted by molar-refractivity contribution is -0.139. The van der Waals surface area contributed by atoms with Crippen molar-refractivity contribution in [3.63, 3.8) is 0 Å². The second-order valence-electron chi connectivity index (χ2n) is 8.83. The number of methoxy groups -OCH3 is 2. The van der Waals surface area contributed by atoms with Crippen molar-refractivity contribution in [2.45, 2.75) is 37.8 Å². The molecule has 3 rings (SSSR count). The normalized spacial score (nSPS) is 11.8. The fourth-order valence-corrected chi connectivity index (χ4v) is 5.42. The van der Waals surface area contributed by atoms with E-state index in [1.165, 1.54) is 24.1 Å². The van der Waals surface area contributed by atoms with E-state index in [2.05, 4.69) is 5.32 Å². The number of sulfonamides is 1. The van der Waals surface area contributed by atoms with Crippen LogP contribution in [0.3, 0.4) is 0 Å². The third-order valence-electron chi connectivity index (χ3n) is 6.19. The molecule has 1 atom stereocenters. The minimum Gasteiger partial charge on any atom is -0.497 e. The number of amides is 2. The molecule has 39 heavy (non-hydrogen) atoms. The molecular formula is C29H35N3O6S. The maximum absolute atomic E-state index is 13.9. The molecule has 9 nitrogen and oxygen atoms in total. The molecule has 10 heteroatoms. The zero-order chi connectivity index (χ0) is 28.4. The van der Waals surface area contributed by atoms with Gasteiger partial charge >= 0.3 is 0 Å². The molecule has 1 N–H and O–H groups in total. The molecule has 3 aromatic carbocycles. The maximum Gasteiger partial charge on any atom is 0.264 e. The van der Waals surface area contributed by atoms with Gasteiger partial charge < -0.3 is 19.7 Å². The van der Waals surface area contributed by atoms with Gasteiger partial charge in [-0.1, -0.05) is 49.4 Å². The van der Waals surface area contributed by atoms with E-state index >= 15 is 0 Å².